The molecule has 3 rings (SSSR count). The number of nitrogens with one attached hydrogen (secondary N) is 1. The van der Waals surface area contributed by atoms with E-state index in [2.05, 4.69) is 31.6 Å². The number of imidazole rings is 1. The van der Waals surface area contributed by atoms with Gasteiger partial charge >= 0.3 is 0 Å². The Bertz CT molecular complexity index is 676. The number of aromatic nitrogens is 4. The van der Waals surface area contributed by atoms with E-state index in [1.54, 1.807) is 6.20 Å². The number of hydrogen-bond acceptors (Lipinski definition) is 4. The lowest BCUT2D eigenvalue weighted by Gasteiger charge is -2.22. The molecule has 7 heteroatoms. The number of aromatic amines is 1. The van der Waals surface area contributed by atoms with Crippen LogP contribution in [0.4, 0.5) is 0 Å². The van der Waals surface area contributed by atoms with Gasteiger partial charge in [-0.3, -0.25) is 14.8 Å². The third-order valence-electron chi connectivity index (χ3n) is 4.69. The second-order valence-electron chi connectivity index (χ2n) is 6.17. The van der Waals surface area contributed by atoms with Crippen LogP contribution in [0.3, 0.4) is 0 Å². The minimum absolute atomic E-state index is 0.0949. The van der Waals surface area contributed by atoms with E-state index in [-0.39, 0.29) is 5.91 Å². The van der Waals surface area contributed by atoms with Crippen molar-refractivity contribution in [1.29, 1.82) is 0 Å². The topological polar surface area (TPSA) is 70.1 Å². The third-order valence-corrected chi connectivity index (χ3v) is 4.69. The first-order valence-electron chi connectivity index (χ1n) is 8.76. The summed E-state index contributed by atoms with van der Waals surface area (Å²) >= 11 is 0. The third kappa shape index (κ3) is 3.51. The van der Waals surface area contributed by atoms with E-state index in [4.69, 9.17) is 0 Å². The molecular formula is C17H26N6O. The number of carbonyl (C=O) groups is 1. The predicted octanol–water partition coefficient (Wildman–Crippen LogP) is 1.54. The quantitative estimate of drug-likeness (QED) is 0.903. The Morgan fingerprint density at radius 1 is 1.25 bits per heavy atom. The van der Waals surface area contributed by atoms with Gasteiger partial charge in [-0.1, -0.05) is 6.92 Å². The van der Waals surface area contributed by atoms with Gasteiger partial charge in [0.1, 0.15) is 5.82 Å². The zero-order chi connectivity index (χ0) is 16.9. The molecule has 0 atom stereocenters. The van der Waals surface area contributed by atoms with Gasteiger partial charge in [0.15, 0.2) is 0 Å². The van der Waals surface area contributed by atoms with Gasteiger partial charge in [0, 0.05) is 50.8 Å². The minimum atomic E-state index is 0.0949. The summed E-state index contributed by atoms with van der Waals surface area (Å²) in [5, 5.41) is 6.95. The fourth-order valence-corrected chi connectivity index (χ4v) is 3.25. The number of hydrogen-bond donors (Lipinski definition) is 1. The lowest BCUT2D eigenvalue weighted by atomic mass is 10.2. The summed E-state index contributed by atoms with van der Waals surface area (Å²) < 4.78 is 2.17. The van der Waals surface area contributed by atoms with Gasteiger partial charge < -0.3 is 9.47 Å². The highest BCUT2D eigenvalue weighted by Gasteiger charge is 2.23. The van der Waals surface area contributed by atoms with E-state index in [0.29, 0.717) is 5.56 Å². The van der Waals surface area contributed by atoms with Gasteiger partial charge in [-0.05, 0) is 19.8 Å². The lowest BCUT2D eigenvalue weighted by molar-refractivity contribution is 0.0760. The molecule has 3 heterocycles. The van der Waals surface area contributed by atoms with Crippen molar-refractivity contribution in [3.05, 3.63) is 35.7 Å². The fourth-order valence-electron chi connectivity index (χ4n) is 3.25. The molecule has 0 saturated carbocycles. The Hall–Kier alpha value is -2.15. The van der Waals surface area contributed by atoms with E-state index in [1.165, 1.54) is 0 Å². The molecule has 0 spiro atoms. The fraction of sp³-hybridized carbons (Fsp3) is 0.588. The molecule has 2 aromatic rings. The van der Waals surface area contributed by atoms with Crippen molar-refractivity contribution in [3.8, 4) is 0 Å². The molecule has 130 valence electrons. The first-order valence-corrected chi connectivity index (χ1v) is 8.76. The van der Waals surface area contributed by atoms with Crippen molar-refractivity contribution < 1.29 is 4.79 Å². The molecule has 1 saturated heterocycles. The average molecular weight is 330 g/mol. The minimum Gasteiger partial charge on any atom is -0.337 e. The monoisotopic (exact) mass is 330 g/mol. The molecule has 0 aromatic carbocycles. The van der Waals surface area contributed by atoms with Gasteiger partial charge in [-0.2, -0.15) is 5.10 Å². The van der Waals surface area contributed by atoms with Crippen LogP contribution in [0.5, 0.6) is 0 Å². The van der Waals surface area contributed by atoms with Crippen LogP contribution >= 0.6 is 0 Å². The normalized spacial score (nSPS) is 16.3. The van der Waals surface area contributed by atoms with Crippen LogP contribution in [0.15, 0.2) is 18.6 Å². The summed E-state index contributed by atoms with van der Waals surface area (Å²) in [5.74, 6) is 1.19. The summed E-state index contributed by atoms with van der Waals surface area (Å²) in [5.41, 5.74) is 1.64. The largest absolute Gasteiger partial charge is 0.337 e. The van der Waals surface area contributed by atoms with Crippen molar-refractivity contribution in [3.63, 3.8) is 0 Å². The van der Waals surface area contributed by atoms with Crippen LogP contribution in [0.25, 0.3) is 0 Å². The number of nitrogens with zero attached hydrogens (tertiary/aromatic N) is 5. The molecular weight excluding hydrogens is 304 g/mol. The molecule has 2 aromatic heterocycles. The smallest absolute Gasteiger partial charge is 0.257 e. The molecule has 1 fully saturated rings. The van der Waals surface area contributed by atoms with E-state index >= 15 is 0 Å². The maximum Gasteiger partial charge on any atom is 0.257 e. The molecule has 1 aliphatic heterocycles. The molecule has 1 amide bonds. The maximum atomic E-state index is 12.7. The highest BCUT2D eigenvalue weighted by atomic mass is 16.2. The van der Waals surface area contributed by atoms with Crippen LogP contribution in [-0.4, -0.2) is 61.6 Å². The van der Waals surface area contributed by atoms with Gasteiger partial charge in [0.25, 0.3) is 5.91 Å². The van der Waals surface area contributed by atoms with E-state index in [9.17, 15) is 4.79 Å². The second-order valence-corrected chi connectivity index (χ2v) is 6.17. The van der Waals surface area contributed by atoms with Crippen LogP contribution in [-0.2, 0) is 19.5 Å². The molecule has 1 aliphatic rings. The van der Waals surface area contributed by atoms with E-state index < -0.39 is 0 Å². The maximum absolute atomic E-state index is 12.7. The first-order chi connectivity index (χ1) is 11.7. The Kier molecular flexibility index (Phi) is 5.30. The van der Waals surface area contributed by atoms with Gasteiger partial charge in [0.05, 0.1) is 18.3 Å². The van der Waals surface area contributed by atoms with Crippen LogP contribution in [0.1, 0.15) is 42.1 Å². The standard InChI is InChI=1S/C17H26N6O/c1-3-15-14(12-19-20-15)17(24)23-8-5-7-21(10-11-23)13-16-18-6-9-22(16)4-2/h6,9,12H,3-5,7-8,10-11,13H2,1-2H3,(H,19,20). The van der Waals surface area contributed by atoms with Crippen molar-refractivity contribution in [1.82, 2.24) is 29.5 Å². The summed E-state index contributed by atoms with van der Waals surface area (Å²) in [7, 11) is 0. The Labute approximate surface area is 142 Å². The number of aryl methyl sites for hydroxylation is 2. The predicted molar refractivity (Wildman–Crippen MR) is 91.7 cm³/mol. The van der Waals surface area contributed by atoms with Crippen LogP contribution in [0.2, 0.25) is 0 Å². The van der Waals surface area contributed by atoms with Gasteiger partial charge in [-0.15, -0.1) is 0 Å². The van der Waals surface area contributed by atoms with Crippen molar-refractivity contribution in [2.75, 3.05) is 26.2 Å². The van der Waals surface area contributed by atoms with Crippen LogP contribution in [0, 0.1) is 0 Å². The number of amides is 1. The molecule has 0 bridgehead atoms. The summed E-state index contributed by atoms with van der Waals surface area (Å²) in [6.45, 7) is 9.36. The Morgan fingerprint density at radius 3 is 2.92 bits per heavy atom. The molecule has 0 radical (unpaired) electrons. The Morgan fingerprint density at radius 2 is 2.12 bits per heavy atom. The molecule has 0 unspecified atom stereocenters. The molecule has 24 heavy (non-hydrogen) atoms. The van der Waals surface area contributed by atoms with E-state index in [0.717, 1.165) is 63.6 Å². The van der Waals surface area contributed by atoms with Crippen molar-refractivity contribution in [2.24, 2.45) is 0 Å². The SMILES string of the molecule is CCc1[nH]ncc1C(=O)N1CCCN(Cc2nccn2CC)CC1. The zero-order valence-corrected chi connectivity index (χ0v) is 14.5. The second kappa shape index (κ2) is 7.61. The van der Waals surface area contributed by atoms with Crippen molar-refractivity contribution in [2.45, 2.75) is 39.8 Å². The van der Waals surface area contributed by atoms with Crippen LogP contribution < -0.4 is 0 Å². The van der Waals surface area contributed by atoms with Gasteiger partial charge in [0.2, 0.25) is 0 Å². The highest BCUT2D eigenvalue weighted by Crippen LogP contribution is 2.13. The average Bonchev–Trinajstić information content (AvgIpc) is 3.19. The first kappa shape index (κ1) is 16.7. The zero-order valence-electron chi connectivity index (χ0n) is 14.5. The Balaban J connectivity index is 1.62. The summed E-state index contributed by atoms with van der Waals surface area (Å²) in [6, 6.07) is 0. The van der Waals surface area contributed by atoms with Crippen molar-refractivity contribution >= 4 is 5.91 Å². The molecule has 7 nitrogen and oxygen atoms in total. The highest BCUT2D eigenvalue weighted by molar-refractivity contribution is 5.95. The summed E-state index contributed by atoms with van der Waals surface area (Å²) in [4.78, 5) is 21.5. The number of rotatable bonds is 5. The van der Waals surface area contributed by atoms with E-state index in [1.807, 2.05) is 24.2 Å². The van der Waals surface area contributed by atoms with Gasteiger partial charge in [-0.25, -0.2) is 4.98 Å². The molecule has 1 N–H and O–H groups in total. The molecule has 0 aliphatic carbocycles. The number of H-pyrrole nitrogens is 1. The summed E-state index contributed by atoms with van der Waals surface area (Å²) in [6.07, 6.45) is 7.31. The number of carbonyl (C=O) groups excluding carboxylic acids is 1. The lowest BCUT2D eigenvalue weighted by Crippen LogP contribution is -2.35.